The molecule has 0 saturated carbocycles. The quantitative estimate of drug-likeness (QED) is 0.721. The molecule has 2 aromatic heterocycles. The molecule has 0 bridgehead atoms. The third kappa shape index (κ3) is 2.66. The van der Waals surface area contributed by atoms with E-state index in [1.54, 1.807) is 0 Å². The number of carbonyl (C=O) groups excluding carboxylic acids is 1. The molecule has 1 aliphatic heterocycles. The van der Waals surface area contributed by atoms with Crippen LogP contribution in [-0.2, 0) is 23.1 Å². The molecule has 1 atom stereocenters. The minimum absolute atomic E-state index is 0.0600. The largest absolute Gasteiger partial charge is 0.368 e. The van der Waals surface area contributed by atoms with Gasteiger partial charge in [-0.05, 0) is 49.8 Å². The fourth-order valence-electron chi connectivity index (χ4n) is 5.12. The number of hydrogen-bond donors (Lipinski definition) is 2. The summed E-state index contributed by atoms with van der Waals surface area (Å²) in [6.07, 6.45) is 6.36. The molecule has 1 unspecified atom stereocenters. The zero-order valence-electron chi connectivity index (χ0n) is 16.2. The molecule has 3 N–H and O–H groups in total. The SMILES string of the molecule is Cc1[nH]c2ccccc2c1CC(=O)N1CCCC2(CCc3cnc(N)nc32)C1. The number of carbonyl (C=O) groups is 1. The van der Waals surface area contributed by atoms with Crippen LogP contribution >= 0.6 is 0 Å². The van der Waals surface area contributed by atoms with E-state index in [2.05, 4.69) is 27.1 Å². The highest BCUT2D eigenvalue weighted by Gasteiger charge is 2.44. The van der Waals surface area contributed by atoms with Crippen LogP contribution in [0, 0.1) is 6.92 Å². The maximum Gasteiger partial charge on any atom is 0.227 e. The Balaban J connectivity index is 1.41. The average molecular weight is 375 g/mol. The Kier molecular flexibility index (Phi) is 3.89. The van der Waals surface area contributed by atoms with E-state index < -0.39 is 0 Å². The van der Waals surface area contributed by atoms with Gasteiger partial charge in [0.2, 0.25) is 11.9 Å². The smallest absolute Gasteiger partial charge is 0.227 e. The van der Waals surface area contributed by atoms with E-state index in [9.17, 15) is 4.79 Å². The van der Waals surface area contributed by atoms with Crippen molar-refractivity contribution in [1.82, 2.24) is 19.9 Å². The molecule has 1 aromatic carbocycles. The molecule has 3 heterocycles. The van der Waals surface area contributed by atoms with Gasteiger partial charge in [0.25, 0.3) is 0 Å². The minimum Gasteiger partial charge on any atom is -0.368 e. The van der Waals surface area contributed by atoms with Gasteiger partial charge in [-0.3, -0.25) is 4.79 Å². The molecule has 28 heavy (non-hydrogen) atoms. The Morgan fingerprint density at radius 1 is 1.32 bits per heavy atom. The summed E-state index contributed by atoms with van der Waals surface area (Å²) in [5.41, 5.74) is 11.3. The second-order valence-electron chi connectivity index (χ2n) is 8.25. The Labute approximate surface area is 164 Å². The lowest BCUT2D eigenvalue weighted by atomic mass is 9.77. The molecule has 1 aliphatic carbocycles. The van der Waals surface area contributed by atoms with Gasteiger partial charge in [0, 0.05) is 41.3 Å². The van der Waals surface area contributed by atoms with Crippen molar-refractivity contribution in [2.24, 2.45) is 0 Å². The van der Waals surface area contributed by atoms with Crippen molar-refractivity contribution in [3.8, 4) is 0 Å². The van der Waals surface area contributed by atoms with Gasteiger partial charge in [-0.25, -0.2) is 9.97 Å². The van der Waals surface area contributed by atoms with Crippen LogP contribution in [0.1, 0.15) is 41.8 Å². The first-order valence-corrected chi connectivity index (χ1v) is 10.0. The zero-order chi connectivity index (χ0) is 19.3. The number of rotatable bonds is 2. The molecule has 1 saturated heterocycles. The molecule has 1 spiro atoms. The highest BCUT2D eigenvalue weighted by Crippen LogP contribution is 2.44. The molecule has 2 aliphatic rings. The number of likely N-dealkylation sites (tertiary alicyclic amines) is 1. The van der Waals surface area contributed by atoms with E-state index in [0.717, 1.165) is 66.6 Å². The Morgan fingerprint density at radius 2 is 2.18 bits per heavy atom. The molecule has 6 heteroatoms. The van der Waals surface area contributed by atoms with E-state index in [1.165, 1.54) is 5.56 Å². The standard InChI is InChI=1S/C22H25N5O/c1-14-17(16-5-2-3-6-18(16)25-14)11-19(28)27-10-4-8-22(13-27)9-7-15-12-24-21(23)26-20(15)22/h2-3,5-6,12,25H,4,7-11,13H2,1H3,(H2,23,24,26). The fourth-order valence-corrected chi connectivity index (χ4v) is 5.12. The Bertz CT molecular complexity index is 1070. The molecule has 0 radical (unpaired) electrons. The molecule has 1 amide bonds. The number of amides is 1. The molecule has 5 rings (SSSR count). The molecular weight excluding hydrogens is 350 g/mol. The third-order valence-corrected chi connectivity index (χ3v) is 6.54. The monoisotopic (exact) mass is 375 g/mol. The summed E-state index contributed by atoms with van der Waals surface area (Å²) >= 11 is 0. The first kappa shape index (κ1) is 17.2. The molecule has 6 nitrogen and oxygen atoms in total. The van der Waals surface area contributed by atoms with Gasteiger partial charge in [0.05, 0.1) is 12.1 Å². The number of aromatic nitrogens is 3. The van der Waals surface area contributed by atoms with Gasteiger partial charge in [0.1, 0.15) is 0 Å². The Hall–Kier alpha value is -2.89. The van der Waals surface area contributed by atoms with Gasteiger partial charge in [0.15, 0.2) is 0 Å². The number of piperidine rings is 1. The summed E-state index contributed by atoms with van der Waals surface area (Å²) in [6, 6.07) is 8.19. The lowest BCUT2D eigenvalue weighted by Crippen LogP contribution is -2.48. The van der Waals surface area contributed by atoms with Gasteiger partial charge >= 0.3 is 0 Å². The highest BCUT2D eigenvalue weighted by atomic mass is 16.2. The highest BCUT2D eigenvalue weighted by molar-refractivity contribution is 5.90. The van der Waals surface area contributed by atoms with Crippen molar-refractivity contribution >= 4 is 22.8 Å². The number of H-pyrrole nitrogens is 1. The lowest BCUT2D eigenvalue weighted by Gasteiger charge is -2.40. The van der Waals surface area contributed by atoms with Gasteiger partial charge in [-0.1, -0.05) is 18.2 Å². The summed E-state index contributed by atoms with van der Waals surface area (Å²) in [6.45, 7) is 3.60. The number of aromatic amines is 1. The number of nitrogen functional groups attached to an aromatic ring is 1. The number of fused-ring (bicyclic) bond motifs is 3. The molecular formula is C22H25N5O. The van der Waals surface area contributed by atoms with Gasteiger partial charge in [-0.2, -0.15) is 0 Å². The van der Waals surface area contributed by atoms with Crippen LogP contribution in [0.15, 0.2) is 30.5 Å². The second kappa shape index (κ2) is 6.33. The van der Waals surface area contributed by atoms with Crippen LogP contribution in [0.5, 0.6) is 0 Å². The number of nitrogens with zero attached hydrogens (tertiary/aromatic N) is 3. The predicted molar refractivity (Wildman–Crippen MR) is 109 cm³/mol. The van der Waals surface area contributed by atoms with E-state index in [0.29, 0.717) is 12.4 Å². The van der Waals surface area contributed by atoms with Crippen LogP contribution < -0.4 is 5.73 Å². The lowest BCUT2D eigenvalue weighted by molar-refractivity contribution is -0.132. The fraction of sp³-hybridized carbons (Fsp3) is 0.409. The van der Waals surface area contributed by atoms with Crippen molar-refractivity contribution in [1.29, 1.82) is 0 Å². The summed E-state index contributed by atoms with van der Waals surface area (Å²) in [7, 11) is 0. The number of para-hydroxylation sites is 1. The maximum absolute atomic E-state index is 13.2. The summed E-state index contributed by atoms with van der Waals surface area (Å²) in [5.74, 6) is 0.528. The van der Waals surface area contributed by atoms with Crippen LogP contribution in [0.4, 0.5) is 5.95 Å². The summed E-state index contributed by atoms with van der Waals surface area (Å²) in [5, 5.41) is 1.15. The maximum atomic E-state index is 13.2. The van der Waals surface area contributed by atoms with E-state index >= 15 is 0 Å². The van der Waals surface area contributed by atoms with E-state index in [1.807, 2.05) is 30.2 Å². The third-order valence-electron chi connectivity index (χ3n) is 6.54. The number of benzene rings is 1. The Morgan fingerprint density at radius 3 is 3.07 bits per heavy atom. The number of hydrogen-bond acceptors (Lipinski definition) is 4. The van der Waals surface area contributed by atoms with Gasteiger partial charge < -0.3 is 15.6 Å². The minimum atomic E-state index is -0.0600. The molecule has 144 valence electrons. The number of anilines is 1. The second-order valence-corrected chi connectivity index (χ2v) is 8.25. The van der Waals surface area contributed by atoms with Crippen LogP contribution in [-0.4, -0.2) is 38.8 Å². The van der Waals surface area contributed by atoms with Crippen molar-refractivity contribution < 1.29 is 4.79 Å². The predicted octanol–water partition coefficient (Wildman–Crippen LogP) is 2.90. The number of nitrogens with two attached hydrogens (primary N) is 1. The van der Waals surface area contributed by atoms with Crippen molar-refractivity contribution in [3.63, 3.8) is 0 Å². The van der Waals surface area contributed by atoms with Crippen LogP contribution in [0.3, 0.4) is 0 Å². The first-order chi connectivity index (χ1) is 13.6. The number of nitrogens with one attached hydrogen (secondary N) is 1. The molecule has 1 fully saturated rings. The molecule has 3 aromatic rings. The number of aryl methyl sites for hydroxylation is 2. The van der Waals surface area contributed by atoms with E-state index in [4.69, 9.17) is 5.73 Å². The topological polar surface area (TPSA) is 87.9 Å². The van der Waals surface area contributed by atoms with Crippen molar-refractivity contribution in [2.75, 3.05) is 18.8 Å². The van der Waals surface area contributed by atoms with Gasteiger partial charge in [-0.15, -0.1) is 0 Å². The van der Waals surface area contributed by atoms with E-state index in [-0.39, 0.29) is 11.3 Å². The summed E-state index contributed by atoms with van der Waals surface area (Å²) in [4.78, 5) is 27.4. The summed E-state index contributed by atoms with van der Waals surface area (Å²) < 4.78 is 0. The first-order valence-electron chi connectivity index (χ1n) is 10.0. The van der Waals surface area contributed by atoms with Crippen LogP contribution in [0.25, 0.3) is 10.9 Å². The van der Waals surface area contributed by atoms with Crippen molar-refractivity contribution in [3.05, 3.63) is 53.0 Å². The average Bonchev–Trinajstić information content (AvgIpc) is 3.20. The van der Waals surface area contributed by atoms with Crippen LogP contribution in [0.2, 0.25) is 0 Å². The normalized spacial score (nSPS) is 21.4. The van der Waals surface area contributed by atoms with Crippen molar-refractivity contribution in [2.45, 2.75) is 44.4 Å². The zero-order valence-corrected chi connectivity index (χ0v) is 16.2.